The maximum absolute atomic E-state index is 10.4. The summed E-state index contributed by atoms with van der Waals surface area (Å²) in [6.45, 7) is 0. The molecular formula is C8H8N4O2S2. The quantitative estimate of drug-likeness (QED) is 0.415. The van der Waals surface area contributed by atoms with Crippen LogP contribution in [0.4, 0.5) is 11.4 Å². The van der Waals surface area contributed by atoms with E-state index in [0.29, 0.717) is 5.69 Å². The molecular weight excluding hydrogens is 248 g/mol. The summed E-state index contributed by atoms with van der Waals surface area (Å²) in [5.74, 6) is 0. The van der Waals surface area contributed by atoms with Crippen LogP contribution in [-0.2, 0) is 0 Å². The molecule has 0 spiro atoms. The maximum atomic E-state index is 10.4. The van der Waals surface area contributed by atoms with E-state index in [-0.39, 0.29) is 15.9 Å². The van der Waals surface area contributed by atoms with E-state index in [4.69, 9.17) is 18.0 Å². The minimum atomic E-state index is -0.477. The molecule has 0 radical (unpaired) electrons. The summed E-state index contributed by atoms with van der Waals surface area (Å²) in [4.78, 5) is 9.92. The predicted octanol–water partition coefficient (Wildman–Crippen LogP) is 1.12. The lowest BCUT2D eigenvalue weighted by molar-refractivity contribution is -0.384. The van der Waals surface area contributed by atoms with Gasteiger partial charge in [-0.25, -0.2) is 0 Å². The van der Waals surface area contributed by atoms with Crippen molar-refractivity contribution in [1.29, 1.82) is 0 Å². The molecule has 0 atom stereocenters. The molecule has 0 saturated heterocycles. The molecule has 0 saturated carbocycles. The highest BCUT2D eigenvalue weighted by Gasteiger charge is 2.04. The Balaban J connectivity index is 2.65. The molecule has 8 heteroatoms. The number of nitrogens with zero attached hydrogens (tertiary/aromatic N) is 1. The molecule has 1 aromatic carbocycles. The Morgan fingerprint density at radius 1 is 1.31 bits per heavy atom. The second-order valence-corrected chi connectivity index (χ2v) is 3.60. The molecule has 0 aliphatic heterocycles. The van der Waals surface area contributed by atoms with Gasteiger partial charge in [0.15, 0.2) is 10.2 Å². The van der Waals surface area contributed by atoms with E-state index in [1.54, 1.807) is 0 Å². The highest BCUT2D eigenvalue weighted by molar-refractivity contribution is 7.82. The number of benzene rings is 1. The Morgan fingerprint density at radius 2 is 1.88 bits per heavy atom. The van der Waals surface area contributed by atoms with E-state index >= 15 is 0 Å². The average molecular weight is 256 g/mol. The number of hydrogen-bond donors (Lipinski definition) is 3. The van der Waals surface area contributed by atoms with E-state index < -0.39 is 4.92 Å². The van der Waals surface area contributed by atoms with Gasteiger partial charge in [-0.3, -0.25) is 10.1 Å². The smallest absolute Gasteiger partial charge is 0.269 e. The standard InChI is InChI=1S/C8H8N4O2S2/c9-7(15)11-8(16)10-5-1-3-6(4-2-5)12(13)14/h1-4H,(H4,9,10,11,15,16). The normalized spacial score (nSPS) is 9.25. The Bertz CT molecular complexity index is 432. The third-order valence-electron chi connectivity index (χ3n) is 1.57. The van der Waals surface area contributed by atoms with Gasteiger partial charge in [-0.05, 0) is 36.6 Å². The summed E-state index contributed by atoms with van der Waals surface area (Å²) in [5, 5.41) is 16.0. The van der Waals surface area contributed by atoms with Crippen molar-refractivity contribution < 1.29 is 4.92 Å². The lowest BCUT2D eigenvalue weighted by atomic mass is 10.3. The Labute approximate surface area is 102 Å². The van der Waals surface area contributed by atoms with Crippen LogP contribution in [0.3, 0.4) is 0 Å². The van der Waals surface area contributed by atoms with Crippen LogP contribution in [0.15, 0.2) is 24.3 Å². The average Bonchev–Trinajstić information content (AvgIpc) is 2.16. The Hall–Kier alpha value is -1.80. The van der Waals surface area contributed by atoms with E-state index in [2.05, 4.69) is 22.9 Å². The van der Waals surface area contributed by atoms with Gasteiger partial charge in [0.2, 0.25) is 0 Å². The number of hydrogen-bond acceptors (Lipinski definition) is 4. The van der Waals surface area contributed by atoms with E-state index in [9.17, 15) is 10.1 Å². The van der Waals surface area contributed by atoms with Crippen molar-refractivity contribution in [3.63, 3.8) is 0 Å². The predicted molar refractivity (Wildman–Crippen MR) is 69.2 cm³/mol. The van der Waals surface area contributed by atoms with Crippen molar-refractivity contribution in [2.45, 2.75) is 0 Å². The van der Waals surface area contributed by atoms with Crippen LogP contribution in [0, 0.1) is 10.1 Å². The summed E-state index contributed by atoms with van der Waals surface area (Å²) >= 11 is 9.47. The van der Waals surface area contributed by atoms with E-state index in [0.717, 1.165) is 0 Å². The van der Waals surface area contributed by atoms with Gasteiger partial charge in [-0.15, -0.1) is 0 Å². The summed E-state index contributed by atoms with van der Waals surface area (Å²) in [7, 11) is 0. The highest BCUT2D eigenvalue weighted by atomic mass is 32.1. The first-order valence-corrected chi connectivity index (χ1v) is 4.92. The summed E-state index contributed by atoms with van der Waals surface area (Å²) in [5.41, 5.74) is 5.84. The van der Waals surface area contributed by atoms with Gasteiger partial charge in [-0.2, -0.15) is 0 Å². The van der Waals surface area contributed by atoms with Gasteiger partial charge in [-0.1, -0.05) is 0 Å². The van der Waals surface area contributed by atoms with Crippen LogP contribution in [0.5, 0.6) is 0 Å². The number of nitro benzene ring substituents is 1. The fraction of sp³-hybridized carbons (Fsp3) is 0. The van der Waals surface area contributed by atoms with Gasteiger partial charge >= 0.3 is 0 Å². The first-order valence-electron chi connectivity index (χ1n) is 4.11. The maximum Gasteiger partial charge on any atom is 0.269 e. The van der Waals surface area contributed by atoms with Crippen LogP contribution in [-0.4, -0.2) is 15.1 Å². The lowest BCUT2D eigenvalue weighted by Gasteiger charge is -2.08. The number of non-ortho nitro benzene ring substituents is 1. The molecule has 6 nitrogen and oxygen atoms in total. The number of anilines is 1. The second-order valence-electron chi connectivity index (χ2n) is 2.75. The molecule has 0 heterocycles. The molecule has 0 fully saturated rings. The van der Waals surface area contributed by atoms with Crippen LogP contribution in [0.25, 0.3) is 0 Å². The third-order valence-corrected chi connectivity index (χ3v) is 1.88. The van der Waals surface area contributed by atoms with Crippen LogP contribution in [0.2, 0.25) is 0 Å². The minimum Gasteiger partial charge on any atom is -0.376 e. The van der Waals surface area contributed by atoms with Crippen LogP contribution >= 0.6 is 24.4 Å². The van der Waals surface area contributed by atoms with Crippen molar-refractivity contribution in [2.75, 3.05) is 5.32 Å². The molecule has 1 aromatic rings. The Kier molecular flexibility index (Phi) is 4.09. The number of nitrogens with two attached hydrogens (primary N) is 1. The molecule has 0 amide bonds. The lowest BCUT2D eigenvalue weighted by Crippen LogP contribution is -2.37. The minimum absolute atomic E-state index is 0.0128. The summed E-state index contributed by atoms with van der Waals surface area (Å²) in [6.07, 6.45) is 0. The van der Waals surface area contributed by atoms with Crippen molar-refractivity contribution in [2.24, 2.45) is 5.73 Å². The monoisotopic (exact) mass is 256 g/mol. The largest absolute Gasteiger partial charge is 0.376 e. The SMILES string of the molecule is NC(=S)NC(=S)Nc1ccc([N+](=O)[O-])cc1. The highest BCUT2D eigenvalue weighted by Crippen LogP contribution is 2.14. The molecule has 4 N–H and O–H groups in total. The zero-order chi connectivity index (χ0) is 12.1. The molecule has 0 bridgehead atoms. The summed E-state index contributed by atoms with van der Waals surface area (Å²) < 4.78 is 0. The molecule has 1 rings (SSSR count). The van der Waals surface area contributed by atoms with Gasteiger partial charge in [0.1, 0.15) is 0 Å². The number of nitro groups is 1. The van der Waals surface area contributed by atoms with Gasteiger partial charge in [0.05, 0.1) is 4.92 Å². The molecule has 16 heavy (non-hydrogen) atoms. The topological polar surface area (TPSA) is 93.2 Å². The first kappa shape index (κ1) is 12.3. The fourth-order valence-electron chi connectivity index (χ4n) is 0.941. The number of rotatable bonds is 2. The van der Waals surface area contributed by atoms with Gasteiger partial charge in [0.25, 0.3) is 5.69 Å². The third kappa shape index (κ3) is 3.75. The van der Waals surface area contributed by atoms with E-state index in [1.165, 1.54) is 24.3 Å². The van der Waals surface area contributed by atoms with Gasteiger partial charge in [0, 0.05) is 17.8 Å². The van der Waals surface area contributed by atoms with Crippen molar-refractivity contribution >= 4 is 46.0 Å². The van der Waals surface area contributed by atoms with Crippen LogP contribution < -0.4 is 16.4 Å². The molecule has 0 aliphatic rings. The summed E-state index contributed by atoms with van der Waals surface area (Å²) in [6, 6.07) is 5.80. The zero-order valence-corrected chi connectivity index (χ0v) is 9.60. The van der Waals surface area contributed by atoms with Crippen molar-refractivity contribution in [1.82, 2.24) is 5.32 Å². The van der Waals surface area contributed by atoms with E-state index in [1.807, 2.05) is 0 Å². The molecule has 84 valence electrons. The first-order chi connectivity index (χ1) is 7.49. The zero-order valence-electron chi connectivity index (χ0n) is 7.97. The second kappa shape index (κ2) is 5.33. The van der Waals surface area contributed by atoms with Crippen molar-refractivity contribution in [3.8, 4) is 0 Å². The molecule has 0 unspecified atom stereocenters. The molecule has 0 aromatic heterocycles. The van der Waals surface area contributed by atoms with Gasteiger partial charge < -0.3 is 16.4 Å². The Morgan fingerprint density at radius 3 is 2.31 bits per heavy atom. The fourth-order valence-corrected chi connectivity index (χ4v) is 1.34. The van der Waals surface area contributed by atoms with Crippen molar-refractivity contribution in [3.05, 3.63) is 34.4 Å². The number of thiocarbonyl (C=S) groups is 2. The number of nitrogens with one attached hydrogen (secondary N) is 2. The van der Waals surface area contributed by atoms with Crippen LogP contribution in [0.1, 0.15) is 0 Å². The molecule has 0 aliphatic carbocycles.